The highest BCUT2D eigenvalue weighted by Gasteiger charge is 2.23. The first kappa shape index (κ1) is 14.9. The van der Waals surface area contributed by atoms with E-state index < -0.39 is 0 Å². The molecule has 1 N–H and O–H groups in total. The van der Waals surface area contributed by atoms with Crippen molar-refractivity contribution in [2.75, 3.05) is 0 Å². The molecule has 4 heterocycles. The zero-order valence-corrected chi connectivity index (χ0v) is 14.5. The Labute approximate surface area is 149 Å². The molecule has 23 heavy (non-hydrogen) atoms. The highest BCUT2D eigenvalue weighted by Crippen LogP contribution is 2.37. The van der Waals surface area contributed by atoms with Crippen LogP contribution >= 0.6 is 46.9 Å². The summed E-state index contributed by atoms with van der Waals surface area (Å²) in [6, 6.07) is 5.62. The van der Waals surface area contributed by atoms with Gasteiger partial charge in [-0.2, -0.15) is 0 Å². The molecule has 1 saturated heterocycles. The van der Waals surface area contributed by atoms with Crippen molar-refractivity contribution in [1.29, 1.82) is 0 Å². The Morgan fingerprint density at radius 2 is 2.22 bits per heavy atom. The molecule has 114 valence electrons. The first-order valence-electron chi connectivity index (χ1n) is 6.48. The summed E-state index contributed by atoms with van der Waals surface area (Å²) in [5.74, 6) is 0.378. The van der Waals surface area contributed by atoms with Gasteiger partial charge in [-0.3, -0.25) is 9.78 Å². The second-order valence-electron chi connectivity index (χ2n) is 4.71. The van der Waals surface area contributed by atoms with Gasteiger partial charge >= 0.3 is 0 Å². The maximum absolute atomic E-state index is 11.7. The minimum atomic E-state index is -0.205. The molecule has 3 aromatic heterocycles. The van der Waals surface area contributed by atoms with Gasteiger partial charge in [0.2, 0.25) is 0 Å². The van der Waals surface area contributed by atoms with Crippen LogP contribution in [0.3, 0.4) is 0 Å². The molecule has 0 saturated carbocycles. The summed E-state index contributed by atoms with van der Waals surface area (Å²) in [5, 5.41) is 3.45. The van der Waals surface area contributed by atoms with Crippen LogP contribution in [0.5, 0.6) is 0 Å². The first-order valence-corrected chi connectivity index (χ1v) is 8.90. The van der Waals surface area contributed by atoms with Crippen molar-refractivity contribution in [3.63, 3.8) is 0 Å². The number of rotatable bonds is 2. The third kappa shape index (κ3) is 2.81. The van der Waals surface area contributed by atoms with Gasteiger partial charge in [-0.05, 0) is 18.2 Å². The number of fused-ring (bicyclic) bond motifs is 1. The molecule has 1 fully saturated rings. The van der Waals surface area contributed by atoms with Crippen LogP contribution in [0.25, 0.3) is 27.5 Å². The van der Waals surface area contributed by atoms with Gasteiger partial charge in [0.1, 0.15) is 15.7 Å². The third-order valence-corrected chi connectivity index (χ3v) is 5.62. The molecule has 4 rings (SSSR count). The normalized spacial score (nSPS) is 16.5. The van der Waals surface area contributed by atoms with Gasteiger partial charge < -0.3 is 9.73 Å². The van der Waals surface area contributed by atoms with E-state index in [0.717, 1.165) is 21.4 Å². The summed E-state index contributed by atoms with van der Waals surface area (Å²) in [7, 11) is 0. The molecule has 0 bridgehead atoms. The van der Waals surface area contributed by atoms with Gasteiger partial charge in [0.05, 0.1) is 14.8 Å². The molecule has 0 aliphatic carbocycles. The topological polar surface area (TPSA) is 55.1 Å². The highest BCUT2D eigenvalue weighted by atomic mass is 35.5. The van der Waals surface area contributed by atoms with Gasteiger partial charge in [-0.1, -0.05) is 35.6 Å². The monoisotopic (exact) mass is 378 g/mol. The Bertz CT molecular complexity index is 990. The lowest BCUT2D eigenvalue weighted by Gasteiger charge is -1.97. The Hall–Kier alpha value is -1.67. The van der Waals surface area contributed by atoms with Crippen LogP contribution in [0.15, 0.2) is 39.9 Å². The number of aromatic nitrogens is 1. The van der Waals surface area contributed by atoms with Crippen molar-refractivity contribution in [3.8, 4) is 10.4 Å². The smallest absolute Gasteiger partial charge is 0.263 e. The van der Waals surface area contributed by atoms with E-state index in [1.54, 1.807) is 18.5 Å². The quantitative estimate of drug-likeness (QED) is 0.517. The molecule has 1 amide bonds. The SMILES string of the molecule is O=C1NC(=S)S/C1=C/c1cc2cncc(-c3ccc(Cl)s3)c2o1. The average Bonchev–Trinajstić information content (AvgIpc) is 3.18. The van der Waals surface area contributed by atoms with Crippen molar-refractivity contribution in [3.05, 3.63) is 45.6 Å². The second kappa shape index (κ2) is 5.76. The molecular formula is C15H7ClN2O2S3. The van der Waals surface area contributed by atoms with Gasteiger partial charge in [0, 0.05) is 28.7 Å². The predicted molar refractivity (Wildman–Crippen MR) is 98.6 cm³/mol. The fourth-order valence-corrected chi connectivity index (χ4v) is 4.31. The molecule has 0 radical (unpaired) electrons. The molecule has 1 aliphatic rings. The predicted octanol–water partition coefficient (Wildman–Crippen LogP) is 4.70. The minimum Gasteiger partial charge on any atom is -0.456 e. The second-order valence-corrected chi connectivity index (χ2v) is 8.14. The number of thiophene rings is 1. The first-order chi connectivity index (χ1) is 11.1. The van der Waals surface area contributed by atoms with Gasteiger partial charge in [0.25, 0.3) is 5.91 Å². The summed E-state index contributed by atoms with van der Waals surface area (Å²) < 4.78 is 7.08. The van der Waals surface area contributed by atoms with Crippen molar-refractivity contribution in [2.24, 2.45) is 0 Å². The van der Waals surface area contributed by atoms with Crippen LogP contribution in [0.2, 0.25) is 4.34 Å². The average molecular weight is 379 g/mol. The van der Waals surface area contributed by atoms with E-state index in [1.165, 1.54) is 23.1 Å². The van der Waals surface area contributed by atoms with E-state index in [0.29, 0.717) is 19.3 Å². The Morgan fingerprint density at radius 1 is 1.35 bits per heavy atom. The Balaban J connectivity index is 1.81. The number of furan rings is 1. The maximum atomic E-state index is 11.7. The zero-order chi connectivity index (χ0) is 16.0. The van der Waals surface area contributed by atoms with E-state index in [9.17, 15) is 4.79 Å². The number of hydrogen-bond acceptors (Lipinski definition) is 6. The Morgan fingerprint density at radius 3 is 2.91 bits per heavy atom. The number of thiocarbonyl (C=S) groups is 1. The number of carbonyl (C=O) groups is 1. The van der Waals surface area contributed by atoms with Crippen LogP contribution in [0.1, 0.15) is 5.76 Å². The van der Waals surface area contributed by atoms with Crippen LogP contribution < -0.4 is 5.32 Å². The molecule has 0 atom stereocenters. The van der Waals surface area contributed by atoms with Crippen LogP contribution in [-0.4, -0.2) is 15.2 Å². The molecule has 0 aromatic carbocycles. The van der Waals surface area contributed by atoms with E-state index in [4.69, 9.17) is 28.2 Å². The van der Waals surface area contributed by atoms with Gasteiger partial charge in [-0.15, -0.1) is 11.3 Å². The summed E-state index contributed by atoms with van der Waals surface area (Å²) in [6.45, 7) is 0. The van der Waals surface area contributed by atoms with E-state index in [1.807, 2.05) is 18.2 Å². The molecule has 0 spiro atoms. The number of carbonyl (C=O) groups excluding carboxylic acids is 1. The third-order valence-electron chi connectivity index (χ3n) is 3.20. The lowest BCUT2D eigenvalue weighted by Crippen LogP contribution is -2.17. The number of pyridine rings is 1. The van der Waals surface area contributed by atoms with Crippen molar-refractivity contribution < 1.29 is 9.21 Å². The zero-order valence-electron chi connectivity index (χ0n) is 11.3. The van der Waals surface area contributed by atoms with E-state index >= 15 is 0 Å². The van der Waals surface area contributed by atoms with E-state index in [-0.39, 0.29) is 5.91 Å². The van der Waals surface area contributed by atoms with E-state index in [2.05, 4.69) is 10.3 Å². The van der Waals surface area contributed by atoms with Crippen LogP contribution in [-0.2, 0) is 4.79 Å². The number of hydrogen-bond donors (Lipinski definition) is 1. The van der Waals surface area contributed by atoms with Crippen molar-refractivity contribution >= 4 is 74.2 Å². The van der Waals surface area contributed by atoms with Crippen molar-refractivity contribution in [2.45, 2.75) is 0 Å². The molecule has 1 aliphatic heterocycles. The number of amides is 1. The van der Waals surface area contributed by atoms with Crippen molar-refractivity contribution in [1.82, 2.24) is 10.3 Å². The summed E-state index contributed by atoms with van der Waals surface area (Å²) in [4.78, 5) is 17.5. The standard InChI is InChI=1S/C15H7ClN2O2S3/c16-12-2-1-10(22-12)9-6-17-5-7-3-8(20-13(7)9)4-11-14(19)18-15(21)23-11/h1-6H,(H,18,19,21)/b11-4+. The summed E-state index contributed by atoms with van der Waals surface area (Å²) >= 11 is 13.7. The fraction of sp³-hybridized carbons (Fsp3) is 0. The summed E-state index contributed by atoms with van der Waals surface area (Å²) in [5.41, 5.74) is 1.60. The number of nitrogens with one attached hydrogen (secondary N) is 1. The number of halogens is 1. The van der Waals surface area contributed by atoms with Crippen LogP contribution in [0, 0.1) is 0 Å². The molecule has 0 unspecified atom stereocenters. The summed E-state index contributed by atoms with van der Waals surface area (Å²) in [6.07, 6.45) is 5.16. The largest absolute Gasteiger partial charge is 0.456 e. The van der Waals surface area contributed by atoms with Gasteiger partial charge in [-0.25, -0.2) is 0 Å². The Kier molecular flexibility index (Phi) is 3.73. The molecular weight excluding hydrogens is 372 g/mol. The van der Waals surface area contributed by atoms with Gasteiger partial charge in [0.15, 0.2) is 0 Å². The molecule has 8 heteroatoms. The minimum absolute atomic E-state index is 0.205. The highest BCUT2D eigenvalue weighted by molar-refractivity contribution is 8.26. The molecule has 3 aromatic rings. The number of thioether (sulfide) groups is 1. The lowest BCUT2D eigenvalue weighted by molar-refractivity contribution is -0.115. The lowest BCUT2D eigenvalue weighted by atomic mass is 10.2. The maximum Gasteiger partial charge on any atom is 0.263 e. The molecule has 4 nitrogen and oxygen atoms in total. The number of nitrogens with zero attached hydrogens (tertiary/aromatic N) is 1. The van der Waals surface area contributed by atoms with Crippen LogP contribution in [0.4, 0.5) is 0 Å². The fourth-order valence-electron chi connectivity index (χ4n) is 2.24.